The summed E-state index contributed by atoms with van der Waals surface area (Å²) < 4.78 is 0. The van der Waals surface area contributed by atoms with Crippen LogP contribution in [0.1, 0.15) is 13.3 Å². The summed E-state index contributed by atoms with van der Waals surface area (Å²) in [4.78, 5) is 35.2. The standard InChI is InChI=1S/C9H15N3O3/c1-6(4-10-2)12-5-8(14)11-7(13)3-9(12)15/h6,10H,3-5H2,1-2H3,(H,11,13,14). The molecule has 6 heteroatoms. The molecule has 0 radical (unpaired) electrons. The van der Waals surface area contributed by atoms with Gasteiger partial charge in [-0.25, -0.2) is 0 Å². The van der Waals surface area contributed by atoms with Crippen LogP contribution >= 0.6 is 0 Å². The van der Waals surface area contributed by atoms with Crippen LogP contribution in [0.5, 0.6) is 0 Å². The van der Waals surface area contributed by atoms with Crippen LogP contribution in [0.15, 0.2) is 0 Å². The maximum atomic E-state index is 11.6. The second-order valence-corrected chi connectivity index (χ2v) is 3.58. The lowest BCUT2D eigenvalue weighted by Crippen LogP contribution is -2.45. The van der Waals surface area contributed by atoms with E-state index in [4.69, 9.17) is 0 Å². The summed E-state index contributed by atoms with van der Waals surface area (Å²) in [5.41, 5.74) is 0. The van der Waals surface area contributed by atoms with Crippen molar-refractivity contribution < 1.29 is 14.4 Å². The van der Waals surface area contributed by atoms with Crippen molar-refractivity contribution in [3.63, 3.8) is 0 Å². The third-order valence-electron chi connectivity index (χ3n) is 2.26. The average Bonchev–Trinajstić information content (AvgIpc) is 2.24. The van der Waals surface area contributed by atoms with E-state index in [0.717, 1.165) is 0 Å². The number of hydrogen-bond donors (Lipinski definition) is 2. The van der Waals surface area contributed by atoms with Crippen LogP contribution in [0, 0.1) is 0 Å². The molecule has 1 saturated heterocycles. The molecule has 0 aliphatic carbocycles. The monoisotopic (exact) mass is 213 g/mol. The van der Waals surface area contributed by atoms with Crippen molar-refractivity contribution in [3.8, 4) is 0 Å². The fourth-order valence-corrected chi connectivity index (χ4v) is 1.53. The Morgan fingerprint density at radius 2 is 2.07 bits per heavy atom. The number of carbonyl (C=O) groups is 3. The summed E-state index contributed by atoms with van der Waals surface area (Å²) in [5.74, 6) is -1.25. The lowest BCUT2D eigenvalue weighted by atomic mass is 10.2. The van der Waals surface area contributed by atoms with Crippen LogP contribution in [0.4, 0.5) is 0 Å². The minimum Gasteiger partial charge on any atom is -0.329 e. The molecular formula is C9H15N3O3. The Hall–Kier alpha value is -1.43. The largest absolute Gasteiger partial charge is 0.329 e. The number of rotatable bonds is 3. The normalized spacial score (nSPS) is 19.9. The number of amides is 3. The summed E-state index contributed by atoms with van der Waals surface area (Å²) in [6.07, 6.45) is -0.250. The molecule has 2 N–H and O–H groups in total. The minimum atomic E-state index is -0.524. The van der Waals surface area contributed by atoms with Crippen LogP contribution in [0.2, 0.25) is 0 Å². The van der Waals surface area contributed by atoms with Crippen molar-refractivity contribution in [3.05, 3.63) is 0 Å². The second-order valence-electron chi connectivity index (χ2n) is 3.58. The lowest BCUT2D eigenvalue weighted by Gasteiger charge is -2.26. The van der Waals surface area contributed by atoms with Crippen molar-refractivity contribution in [2.24, 2.45) is 0 Å². The number of imide groups is 1. The Labute approximate surface area is 88.0 Å². The summed E-state index contributed by atoms with van der Waals surface area (Å²) in [5, 5.41) is 5.06. The molecule has 0 aromatic carbocycles. The minimum absolute atomic E-state index is 0.0482. The Balaban J connectivity index is 2.73. The quantitative estimate of drug-likeness (QED) is 0.440. The van der Waals surface area contributed by atoms with Crippen molar-refractivity contribution in [1.82, 2.24) is 15.5 Å². The molecule has 1 rings (SSSR count). The molecule has 1 aliphatic rings. The number of carbonyl (C=O) groups excluding carboxylic acids is 3. The van der Waals surface area contributed by atoms with Gasteiger partial charge < -0.3 is 10.2 Å². The molecule has 1 aliphatic heterocycles. The Morgan fingerprint density at radius 1 is 1.40 bits per heavy atom. The molecule has 0 aromatic heterocycles. The topological polar surface area (TPSA) is 78.5 Å². The molecule has 0 spiro atoms. The van der Waals surface area contributed by atoms with Gasteiger partial charge in [0.05, 0.1) is 0 Å². The fourth-order valence-electron chi connectivity index (χ4n) is 1.53. The van der Waals surface area contributed by atoms with E-state index in [1.54, 1.807) is 7.05 Å². The van der Waals surface area contributed by atoms with Crippen LogP contribution < -0.4 is 10.6 Å². The maximum absolute atomic E-state index is 11.6. The molecular weight excluding hydrogens is 198 g/mol. The molecule has 3 amide bonds. The average molecular weight is 213 g/mol. The fraction of sp³-hybridized carbons (Fsp3) is 0.667. The summed E-state index contributed by atoms with van der Waals surface area (Å²) in [6.45, 7) is 2.37. The van der Waals surface area contributed by atoms with Gasteiger partial charge >= 0.3 is 0 Å². The lowest BCUT2D eigenvalue weighted by molar-refractivity contribution is -0.136. The van der Waals surface area contributed by atoms with Crippen molar-refractivity contribution >= 4 is 17.7 Å². The first-order chi connectivity index (χ1) is 7.04. The maximum Gasteiger partial charge on any atom is 0.246 e. The van der Waals surface area contributed by atoms with Crippen LogP contribution in [0.25, 0.3) is 0 Å². The smallest absolute Gasteiger partial charge is 0.246 e. The number of nitrogens with zero attached hydrogens (tertiary/aromatic N) is 1. The Morgan fingerprint density at radius 3 is 2.67 bits per heavy atom. The molecule has 0 bridgehead atoms. The van der Waals surface area contributed by atoms with Gasteiger partial charge in [-0.1, -0.05) is 0 Å². The predicted octanol–water partition coefficient (Wildman–Crippen LogP) is -1.53. The van der Waals surface area contributed by atoms with Gasteiger partial charge in [0, 0.05) is 12.6 Å². The SMILES string of the molecule is CNCC(C)N1CC(=O)NC(=O)CC1=O. The summed E-state index contributed by atoms with van der Waals surface area (Å²) >= 11 is 0. The zero-order chi connectivity index (χ0) is 11.4. The number of hydrogen-bond acceptors (Lipinski definition) is 4. The first kappa shape index (κ1) is 11.6. The van der Waals surface area contributed by atoms with Crippen molar-refractivity contribution in [1.29, 1.82) is 0 Å². The van der Waals surface area contributed by atoms with Gasteiger partial charge in [-0.2, -0.15) is 0 Å². The van der Waals surface area contributed by atoms with Gasteiger partial charge in [0.25, 0.3) is 0 Å². The molecule has 1 heterocycles. The first-order valence-electron chi connectivity index (χ1n) is 4.81. The van der Waals surface area contributed by atoms with E-state index in [0.29, 0.717) is 6.54 Å². The molecule has 6 nitrogen and oxygen atoms in total. The molecule has 1 unspecified atom stereocenters. The molecule has 1 atom stereocenters. The van der Waals surface area contributed by atoms with Gasteiger partial charge in [0.2, 0.25) is 17.7 Å². The molecule has 0 aromatic rings. The molecule has 15 heavy (non-hydrogen) atoms. The molecule has 1 fully saturated rings. The Kier molecular flexibility index (Phi) is 3.79. The zero-order valence-corrected chi connectivity index (χ0v) is 8.87. The van der Waals surface area contributed by atoms with Gasteiger partial charge in [0.1, 0.15) is 13.0 Å². The third kappa shape index (κ3) is 3.02. The van der Waals surface area contributed by atoms with Crippen molar-refractivity contribution in [2.75, 3.05) is 20.1 Å². The third-order valence-corrected chi connectivity index (χ3v) is 2.26. The van der Waals surface area contributed by atoms with E-state index in [1.807, 2.05) is 6.92 Å². The summed E-state index contributed by atoms with van der Waals surface area (Å²) in [6, 6.07) is -0.0980. The van der Waals surface area contributed by atoms with E-state index < -0.39 is 11.8 Å². The highest BCUT2D eigenvalue weighted by molar-refractivity contribution is 6.08. The predicted molar refractivity (Wildman–Crippen MR) is 52.9 cm³/mol. The number of likely N-dealkylation sites (N-methyl/N-ethyl adjacent to an activating group) is 1. The van der Waals surface area contributed by atoms with Crippen molar-refractivity contribution in [2.45, 2.75) is 19.4 Å². The van der Waals surface area contributed by atoms with Crippen LogP contribution in [-0.4, -0.2) is 48.8 Å². The van der Waals surface area contributed by atoms with E-state index in [-0.39, 0.29) is 24.9 Å². The first-order valence-corrected chi connectivity index (χ1v) is 4.81. The molecule has 0 saturated carbocycles. The van der Waals surface area contributed by atoms with Crippen LogP contribution in [0.3, 0.4) is 0 Å². The highest BCUT2D eigenvalue weighted by atomic mass is 16.2. The van der Waals surface area contributed by atoms with E-state index in [2.05, 4.69) is 10.6 Å². The summed E-state index contributed by atoms with van der Waals surface area (Å²) in [7, 11) is 1.77. The molecule has 84 valence electrons. The van der Waals surface area contributed by atoms with Gasteiger partial charge in [-0.05, 0) is 14.0 Å². The van der Waals surface area contributed by atoms with E-state index >= 15 is 0 Å². The Bertz CT molecular complexity index is 290. The zero-order valence-electron chi connectivity index (χ0n) is 8.87. The second kappa shape index (κ2) is 4.88. The van der Waals surface area contributed by atoms with E-state index in [9.17, 15) is 14.4 Å². The van der Waals surface area contributed by atoms with Gasteiger partial charge in [0.15, 0.2) is 0 Å². The number of nitrogens with one attached hydrogen (secondary N) is 2. The van der Waals surface area contributed by atoms with E-state index in [1.165, 1.54) is 4.90 Å². The highest BCUT2D eigenvalue weighted by Gasteiger charge is 2.28. The van der Waals surface area contributed by atoms with Crippen LogP contribution in [-0.2, 0) is 14.4 Å². The van der Waals surface area contributed by atoms with Gasteiger partial charge in [-0.3, -0.25) is 19.7 Å². The highest BCUT2D eigenvalue weighted by Crippen LogP contribution is 2.04. The van der Waals surface area contributed by atoms with Gasteiger partial charge in [-0.15, -0.1) is 0 Å².